The Balaban J connectivity index is 1.63. The lowest BCUT2D eigenvalue weighted by Gasteiger charge is -2.33. The average Bonchev–Trinajstić information content (AvgIpc) is 2.64. The second-order valence-corrected chi connectivity index (χ2v) is 7.11. The second-order valence-electron chi connectivity index (χ2n) is 7.11. The molecule has 0 saturated carbocycles. The van der Waals surface area contributed by atoms with Crippen molar-refractivity contribution < 1.29 is 4.79 Å². The molecule has 2 heterocycles. The van der Waals surface area contributed by atoms with E-state index in [1.165, 1.54) is 15.8 Å². The lowest BCUT2D eigenvalue weighted by atomic mass is 9.96. The Bertz CT molecular complexity index is 859. The lowest BCUT2D eigenvalue weighted by molar-refractivity contribution is -0.125. The highest BCUT2D eigenvalue weighted by Crippen LogP contribution is 2.22. The topological polar surface area (TPSA) is 67.2 Å². The van der Waals surface area contributed by atoms with Gasteiger partial charge in [-0.25, -0.2) is 4.68 Å². The Hall–Kier alpha value is -2.63. The summed E-state index contributed by atoms with van der Waals surface area (Å²) in [5.41, 5.74) is 4.19. The molecule has 0 bridgehead atoms. The van der Waals surface area contributed by atoms with Gasteiger partial charge >= 0.3 is 0 Å². The Labute approximate surface area is 153 Å². The zero-order chi connectivity index (χ0) is 18.7. The number of carbonyl (C=O) groups is 1. The largest absolute Gasteiger partial charge is 0.369 e. The summed E-state index contributed by atoms with van der Waals surface area (Å²) in [4.78, 5) is 26.5. The van der Waals surface area contributed by atoms with Crippen molar-refractivity contribution in [3.05, 3.63) is 57.5 Å². The molecule has 1 aromatic heterocycles. The van der Waals surface area contributed by atoms with E-state index in [-0.39, 0.29) is 17.4 Å². The highest BCUT2D eigenvalue weighted by molar-refractivity contribution is 5.79. The summed E-state index contributed by atoms with van der Waals surface area (Å²) >= 11 is 0. The third-order valence-corrected chi connectivity index (χ3v) is 5.07. The number of anilines is 1. The van der Waals surface area contributed by atoms with Crippen LogP contribution in [0.4, 0.5) is 5.69 Å². The molecule has 1 saturated heterocycles. The van der Waals surface area contributed by atoms with Crippen molar-refractivity contribution in [3.8, 4) is 0 Å². The van der Waals surface area contributed by atoms with E-state index in [1.807, 2.05) is 0 Å². The van der Waals surface area contributed by atoms with Crippen LogP contribution in [0.5, 0.6) is 0 Å². The summed E-state index contributed by atoms with van der Waals surface area (Å²) in [6, 6.07) is 7.87. The molecule has 26 heavy (non-hydrogen) atoms. The lowest BCUT2D eigenvalue weighted by Crippen LogP contribution is -2.43. The minimum Gasteiger partial charge on any atom is -0.369 e. The van der Waals surface area contributed by atoms with Crippen LogP contribution in [0.3, 0.4) is 0 Å². The van der Waals surface area contributed by atoms with Crippen LogP contribution >= 0.6 is 0 Å². The van der Waals surface area contributed by atoms with Crippen LogP contribution < -0.4 is 15.8 Å². The summed E-state index contributed by atoms with van der Waals surface area (Å²) in [5, 5.41) is 7.16. The number of hydrogen-bond donors (Lipinski definition) is 1. The fourth-order valence-electron chi connectivity index (χ4n) is 3.38. The zero-order valence-electron chi connectivity index (χ0n) is 15.7. The molecule has 6 heteroatoms. The van der Waals surface area contributed by atoms with E-state index in [4.69, 9.17) is 0 Å². The van der Waals surface area contributed by atoms with Gasteiger partial charge in [-0.1, -0.05) is 23.8 Å². The molecular weight excluding hydrogens is 328 g/mol. The third kappa shape index (κ3) is 4.12. The standard InChI is InChI=1S/C20H26N4O2/c1-14-6-7-15(2)17(9-14)11-21-20(26)16-5-4-8-24(13-16)18-10-19(25)23(3)22-12-18/h6-7,9-10,12,16H,4-5,8,11,13H2,1-3H3,(H,21,26). The predicted molar refractivity (Wildman–Crippen MR) is 102 cm³/mol. The van der Waals surface area contributed by atoms with Crippen molar-refractivity contribution in [1.29, 1.82) is 0 Å². The van der Waals surface area contributed by atoms with Crippen LogP contribution in [0.15, 0.2) is 35.3 Å². The van der Waals surface area contributed by atoms with Gasteiger partial charge in [0.25, 0.3) is 5.56 Å². The molecule has 0 spiro atoms. The van der Waals surface area contributed by atoms with Crippen LogP contribution in [0.25, 0.3) is 0 Å². The maximum Gasteiger partial charge on any atom is 0.268 e. The van der Waals surface area contributed by atoms with E-state index in [1.54, 1.807) is 19.3 Å². The molecule has 1 aliphatic heterocycles. The molecular formula is C20H26N4O2. The number of aryl methyl sites for hydroxylation is 3. The Morgan fingerprint density at radius 1 is 1.31 bits per heavy atom. The molecule has 3 rings (SSSR count). The van der Waals surface area contributed by atoms with Gasteiger partial charge in [0, 0.05) is 32.7 Å². The number of amides is 1. The molecule has 0 aliphatic carbocycles. The minimum atomic E-state index is -0.135. The third-order valence-electron chi connectivity index (χ3n) is 5.07. The first-order chi connectivity index (χ1) is 12.4. The number of nitrogens with zero attached hydrogens (tertiary/aromatic N) is 3. The van der Waals surface area contributed by atoms with Crippen LogP contribution in [0.2, 0.25) is 0 Å². The summed E-state index contributed by atoms with van der Waals surface area (Å²) in [5.74, 6) is 0.00493. The summed E-state index contributed by atoms with van der Waals surface area (Å²) in [7, 11) is 1.63. The van der Waals surface area contributed by atoms with E-state index in [2.05, 4.69) is 47.4 Å². The average molecular weight is 354 g/mol. The van der Waals surface area contributed by atoms with Crippen LogP contribution in [-0.4, -0.2) is 28.8 Å². The van der Waals surface area contributed by atoms with Crippen LogP contribution in [0, 0.1) is 19.8 Å². The monoisotopic (exact) mass is 354 g/mol. The maximum atomic E-state index is 12.6. The Kier molecular flexibility index (Phi) is 5.40. The normalized spacial score (nSPS) is 17.2. The quantitative estimate of drug-likeness (QED) is 0.911. The first kappa shape index (κ1) is 18.2. The molecule has 1 fully saturated rings. The highest BCUT2D eigenvalue weighted by Gasteiger charge is 2.26. The smallest absolute Gasteiger partial charge is 0.268 e. The SMILES string of the molecule is Cc1ccc(C)c(CNC(=O)C2CCCN(c3cnn(C)c(=O)c3)C2)c1. The van der Waals surface area contributed by atoms with Crippen molar-refractivity contribution in [2.75, 3.05) is 18.0 Å². The summed E-state index contributed by atoms with van der Waals surface area (Å²) in [6.45, 7) is 6.13. The second kappa shape index (κ2) is 7.72. The van der Waals surface area contributed by atoms with E-state index >= 15 is 0 Å². The highest BCUT2D eigenvalue weighted by atomic mass is 16.2. The van der Waals surface area contributed by atoms with Crippen molar-refractivity contribution >= 4 is 11.6 Å². The van der Waals surface area contributed by atoms with Crippen molar-refractivity contribution in [3.63, 3.8) is 0 Å². The molecule has 1 N–H and O–H groups in total. The first-order valence-corrected chi connectivity index (χ1v) is 9.06. The molecule has 1 aromatic carbocycles. The van der Waals surface area contributed by atoms with E-state index in [0.29, 0.717) is 13.1 Å². The van der Waals surface area contributed by atoms with Gasteiger partial charge < -0.3 is 10.2 Å². The van der Waals surface area contributed by atoms with Crippen molar-refractivity contribution in [1.82, 2.24) is 15.1 Å². The van der Waals surface area contributed by atoms with Gasteiger partial charge in [-0.05, 0) is 37.8 Å². The van der Waals surface area contributed by atoms with Gasteiger partial charge in [0.2, 0.25) is 5.91 Å². The fourth-order valence-corrected chi connectivity index (χ4v) is 3.38. The van der Waals surface area contributed by atoms with Gasteiger partial charge in [-0.15, -0.1) is 0 Å². The Morgan fingerprint density at radius 2 is 2.12 bits per heavy atom. The number of benzene rings is 1. The van der Waals surface area contributed by atoms with Crippen molar-refractivity contribution in [2.45, 2.75) is 33.2 Å². The minimum absolute atomic E-state index is 0.0714. The Morgan fingerprint density at radius 3 is 2.88 bits per heavy atom. The summed E-state index contributed by atoms with van der Waals surface area (Å²) in [6.07, 6.45) is 3.49. The molecule has 1 atom stereocenters. The number of rotatable bonds is 4. The van der Waals surface area contributed by atoms with Crippen molar-refractivity contribution in [2.24, 2.45) is 13.0 Å². The number of aromatic nitrogens is 2. The van der Waals surface area contributed by atoms with E-state index < -0.39 is 0 Å². The molecule has 6 nitrogen and oxygen atoms in total. The molecule has 1 aliphatic rings. The number of carbonyl (C=O) groups excluding carboxylic acids is 1. The molecule has 1 amide bonds. The maximum absolute atomic E-state index is 12.6. The number of hydrogen-bond acceptors (Lipinski definition) is 4. The fraction of sp³-hybridized carbons (Fsp3) is 0.450. The molecule has 1 unspecified atom stereocenters. The molecule has 0 radical (unpaired) electrons. The van der Waals surface area contributed by atoms with Gasteiger partial charge in [-0.2, -0.15) is 5.10 Å². The van der Waals surface area contributed by atoms with Gasteiger partial charge in [0.1, 0.15) is 0 Å². The van der Waals surface area contributed by atoms with Crippen LogP contribution in [-0.2, 0) is 18.4 Å². The van der Waals surface area contributed by atoms with Crippen LogP contribution in [0.1, 0.15) is 29.5 Å². The van der Waals surface area contributed by atoms with Gasteiger partial charge in [-0.3, -0.25) is 9.59 Å². The number of piperidine rings is 1. The van der Waals surface area contributed by atoms with Gasteiger partial charge in [0.05, 0.1) is 17.8 Å². The predicted octanol–water partition coefficient (Wildman–Crippen LogP) is 1.93. The van der Waals surface area contributed by atoms with E-state index in [0.717, 1.165) is 30.6 Å². The number of nitrogens with one attached hydrogen (secondary N) is 1. The van der Waals surface area contributed by atoms with Gasteiger partial charge in [0.15, 0.2) is 0 Å². The molecule has 138 valence electrons. The van der Waals surface area contributed by atoms with E-state index in [9.17, 15) is 9.59 Å². The zero-order valence-corrected chi connectivity index (χ0v) is 15.7. The summed E-state index contributed by atoms with van der Waals surface area (Å²) < 4.78 is 1.31. The molecule has 2 aromatic rings. The first-order valence-electron chi connectivity index (χ1n) is 9.06.